The van der Waals surface area contributed by atoms with Crippen molar-refractivity contribution in [3.8, 4) is 5.75 Å². The largest absolute Gasteiger partial charge is 0.489 e. The Morgan fingerprint density at radius 1 is 1.03 bits per heavy atom. The van der Waals surface area contributed by atoms with Gasteiger partial charge in [0.15, 0.2) is 0 Å². The van der Waals surface area contributed by atoms with E-state index in [0.29, 0.717) is 12.4 Å². The molecule has 0 bridgehead atoms. The lowest BCUT2D eigenvalue weighted by Crippen LogP contribution is -2.51. The monoisotopic (exact) mass is 441 g/mol. The molecule has 0 aliphatic carbocycles. The van der Waals surface area contributed by atoms with Crippen LogP contribution >= 0.6 is 0 Å². The maximum absolute atomic E-state index is 13.0. The summed E-state index contributed by atoms with van der Waals surface area (Å²) in [5.41, 5.74) is 1.02. The van der Waals surface area contributed by atoms with Gasteiger partial charge in [0.25, 0.3) is 0 Å². The molecule has 7 nitrogen and oxygen atoms in total. The molecule has 1 heterocycles. The van der Waals surface area contributed by atoms with Gasteiger partial charge in [0.2, 0.25) is 10.0 Å². The number of carboxylic acid groups (broad SMARTS) is 1. The molecule has 1 fully saturated rings. The van der Waals surface area contributed by atoms with E-state index in [1.165, 1.54) is 12.1 Å². The van der Waals surface area contributed by atoms with Crippen molar-refractivity contribution >= 4 is 26.8 Å². The van der Waals surface area contributed by atoms with E-state index in [1.807, 2.05) is 42.5 Å². The molecule has 2 atom stereocenters. The second-order valence-electron chi connectivity index (χ2n) is 7.55. The van der Waals surface area contributed by atoms with Crippen LogP contribution in [0.2, 0.25) is 0 Å². The van der Waals surface area contributed by atoms with E-state index in [-0.39, 0.29) is 24.3 Å². The van der Waals surface area contributed by atoms with Gasteiger partial charge in [0.1, 0.15) is 18.4 Å². The predicted molar refractivity (Wildman–Crippen MR) is 115 cm³/mol. The standard InChI is InChI=1S/C23H23NO6S/c25-18-12-13-24(22(14-18)23(26)27)31(28,29)20-10-8-19(9-11-20)30-15-17-6-3-5-16-4-1-2-7-21(16)17/h1-11,18,22,25H,12-15H2,(H,26,27). The van der Waals surface area contributed by atoms with Crippen molar-refractivity contribution in [3.05, 3.63) is 72.3 Å². The second kappa shape index (κ2) is 8.66. The summed E-state index contributed by atoms with van der Waals surface area (Å²) >= 11 is 0. The lowest BCUT2D eigenvalue weighted by Gasteiger charge is -2.34. The molecule has 31 heavy (non-hydrogen) atoms. The number of aliphatic hydroxyl groups is 1. The highest BCUT2D eigenvalue weighted by molar-refractivity contribution is 7.89. The van der Waals surface area contributed by atoms with E-state index in [4.69, 9.17) is 4.74 Å². The lowest BCUT2D eigenvalue weighted by molar-refractivity contribution is -0.143. The fraction of sp³-hybridized carbons (Fsp3) is 0.261. The molecule has 3 aromatic rings. The zero-order chi connectivity index (χ0) is 22.0. The first-order valence-electron chi connectivity index (χ1n) is 9.98. The van der Waals surface area contributed by atoms with Gasteiger partial charge in [0, 0.05) is 13.0 Å². The zero-order valence-electron chi connectivity index (χ0n) is 16.7. The number of aliphatic hydroxyl groups excluding tert-OH is 1. The molecule has 0 spiro atoms. The average molecular weight is 442 g/mol. The maximum Gasteiger partial charge on any atom is 0.322 e. The number of piperidine rings is 1. The number of carbonyl (C=O) groups is 1. The van der Waals surface area contributed by atoms with Gasteiger partial charge in [-0.2, -0.15) is 4.31 Å². The van der Waals surface area contributed by atoms with Crippen LogP contribution in [0.25, 0.3) is 10.8 Å². The van der Waals surface area contributed by atoms with Gasteiger partial charge in [-0.05, 0) is 47.0 Å². The summed E-state index contributed by atoms with van der Waals surface area (Å²) in [5.74, 6) is -0.756. The summed E-state index contributed by atoms with van der Waals surface area (Å²) in [5, 5.41) is 21.3. The van der Waals surface area contributed by atoms with Crippen LogP contribution in [0.1, 0.15) is 18.4 Å². The first-order valence-corrected chi connectivity index (χ1v) is 11.4. The Bertz CT molecular complexity index is 1190. The molecule has 2 unspecified atom stereocenters. The van der Waals surface area contributed by atoms with Crippen LogP contribution in [0.15, 0.2) is 71.6 Å². The third kappa shape index (κ3) is 4.41. The normalized spacial score (nSPS) is 19.9. The van der Waals surface area contributed by atoms with Crippen molar-refractivity contribution in [3.63, 3.8) is 0 Å². The van der Waals surface area contributed by atoms with Gasteiger partial charge < -0.3 is 14.9 Å². The van der Waals surface area contributed by atoms with E-state index >= 15 is 0 Å². The number of rotatable bonds is 6. The molecule has 3 aromatic carbocycles. The fourth-order valence-corrected chi connectivity index (χ4v) is 5.47. The molecule has 8 heteroatoms. The van der Waals surface area contributed by atoms with Crippen LogP contribution in [0.5, 0.6) is 5.75 Å². The van der Waals surface area contributed by atoms with E-state index in [1.54, 1.807) is 12.1 Å². The zero-order valence-corrected chi connectivity index (χ0v) is 17.5. The molecule has 4 rings (SSSR count). The van der Waals surface area contributed by atoms with Gasteiger partial charge >= 0.3 is 5.97 Å². The van der Waals surface area contributed by atoms with E-state index in [2.05, 4.69) is 0 Å². The Kier molecular flexibility index (Phi) is 5.95. The highest BCUT2D eigenvalue weighted by Crippen LogP contribution is 2.27. The van der Waals surface area contributed by atoms with Crippen LogP contribution in [-0.2, 0) is 21.4 Å². The van der Waals surface area contributed by atoms with Gasteiger partial charge in [-0.3, -0.25) is 4.79 Å². The van der Waals surface area contributed by atoms with E-state index in [9.17, 15) is 23.4 Å². The molecule has 1 aliphatic heterocycles. The molecule has 0 amide bonds. The number of aliphatic carboxylic acids is 1. The number of hydrogen-bond donors (Lipinski definition) is 2. The molecule has 0 radical (unpaired) electrons. The molecular weight excluding hydrogens is 418 g/mol. The van der Waals surface area contributed by atoms with Crippen LogP contribution in [0, 0.1) is 0 Å². The Morgan fingerprint density at radius 3 is 2.48 bits per heavy atom. The summed E-state index contributed by atoms with van der Waals surface area (Å²) in [7, 11) is -4.01. The van der Waals surface area contributed by atoms with Crippen molar-refractivity contribution in [1.29, 1.82) is 0 Å². The number of benzene rings is 3. The fourth-order valence-electron chi connectivity index (χ4n) is 3.86. The van der Waals surface area contributed by atoms with Crippen molar-refractivity contribution < 1.29 is 28.2 Å². The SMILES string of the molecule is O=C(O)C1CC(O)CCN1S(=O)(=O)c1ccc(OCc2cccc3ccccc23)cc1. The maximum atomic E-state index is 13.0. The number of ether oxygens (including phenoxy) is 1. The summed E-state index contributed by atoms with van der Waals surface area (Å²) in [4.78, 5) is 11.5. The van der Waals surface area contributed by atoms with Crippen molar-refractivity contribution in [2.75, 3.05) is 6.54 Å². The molecule has 162 valence electrons. The molecule has 1 saturated heterocycles. The topological polar surface area (TPSA) is 104 Å². The second-order valence-corrected chi connectivity index (χ2v) is 9.44. The first-order chi connectivity index (χ1) is 14.9. The van der Waals surface area contributed by atoms with Crippen molar-refractivity contribution in [1.82, 2.24) is 4.31 Å². The van der Waals surface area contributed by atoms with Crippen molar-refractivity contribution in [2.24, 2.45) is 0 Å². The van der Waals surface area contributed by atoms with Gasteiger partial charge in [-0.1, -0.05) is 42.5 Å². The number of sulfonamides is 1. The van der Waals surface area contributed by atoms with Gasteiger partial charge in [0.05, 0.1) is 11.0 Å². The number of nitrogens with zero attached hydrogens (tertiary/aromatic N) is 1. The molecule has 1 aliphatic rings. The summed E-state index contributed by atoms with van der Waals surface area (Å²) in [6.45, 7) is 0.290. The third-order valence-corrected chi connectivity index (χ3v) is 7.44. The van der Waals surface area contributed by atoms with Gasteiger partial charge in [-0.25, -0.2) is 8.42 Å². The molecule has 2 N–H and O–H groups in total. The first kappa shape index (κ1) is 21.3. The number of carboxylic acids is 1. The Hall–Kier alpha value is -2.94. The number of fused-ring (bicyclic) bond motifs is 1. The van der Waals surface area contributed by atoms with Crippen LogP contribution in [0.4, 0.5) is 0 Å². The van der Waals surface area contributed by atoms with Crippen LogP contribution in [-0.4, -0.2) is 47.6 Å². The minimum atomic E-state index is -4.01. The lowest BCUT2D eigenvalue weighted by atomic mass is 10.0. The van der Waals surface area contributed by atoms with Crippen molar-refractivity contribution in [2.45, 2.75) is 36.5 Å². The predicted octanol–water partition coefficient (Wildman–Crippen LogP) is 3.02. The quantitative estimate of drug-likeness (QED) is 0.609. The molecule has 0 aromatic heterocycles. The van der Waals surface area contributed by atoms with E-state index < -0.39 is 28.1 Å². The highest BCUT2D eigenvalue weighted by Gasteiger charge is 2.40. The molecule has 0 saturated carbocycles. The highest BCUT2D eigenvalue weighted by atomic mass is 32.2. The smallest absolute Gasteiger partial charge is 0.322 e. The Labute approximate surface area is 180 Å². The minimum Gasteiger partial charge on any atom is -0.489 e. The van der Waals surface area contributed by atoms with Crippen LogP contribution in [0.3, 0.4) is 0 Å². The van der Waals surface area contributed by atoms with Gasteiger partial charge in [-0.15, -0.1) is 0 Å². The summed E-state index contributed by atoms with van der Waals surface area (Å²) in [6.07, 6.45) is -0.742. The minimum absolute atomic E-state index is 0.00680. The number of hydrogen-bond acceptors (Lipinski definition) is 5. The summed E-state index contributed by atoms with van der Waals surface area (Å²) in [6, 6.07) is 18.6. The van der Waals surface area contributed by atoms with E-state index in [0.717, 1.165) is 20.6 Å². The average Bonchev–Trinajstić information content (AvgIpc) is 2.77. The Morgan fingerprint density at radius 2 is 1.74 bits per heavy atom. The Balaban J connectivity index is 1.50. The van der Waals surface area contributed by atoms with Crippen LogP contribution < -0.4 is 4.74 Å². The molecular formula is C23H23NO6S. The third-order valence-electron chi connectivity index (χ3n) is 5.52. The summed E-state index contributed by atoms with van der Waals surface area (Å²) < 4.78 is 32.8.